The number of rotatable bonds is 6. The summed E-state index contributed by atoms with van der Waals surface area (Å²) in [6, 6.07) is 1.96. The van der Waals surface area contributed by atoms with E-state index in [-0.39, 0.29) is 0 Å². The van der Waals surface area contributed by atoms with Gasteiger partial charge in [0.2, 0.25) is 0 Å². The van der Waals surface area contributed by atoms with E-state index < -0.39 is 0 Å². The Hall–Kier alpha value is -0.650. The molecule has 0 bridgehead atoms. The summed E-state index contributed by atoms with van der Waals surface area (Å²) in [5, 5.41) is 0. The molecule has 98 valence electrons. The second-order valence-corrected chi connectivity index (χ2v) is 5.19. The summed E-state index contributed by atoms with van der Waals surface area (Å²) >= 11 is 9.34. The summed E-state index contributed by atoms with van der Waals surface area (Å²) in [6.45, 7) is 1.65. The molecule has 2 aromatic rings. The van der Waals surface area contributed by atoms with E-state index in [9.17, 15) is 0 Å². The van der Waals surface area contributed by atoms with Crippen molar-refractivity contribution in [2.45, 2.75) is 25.3 Å². The fraction of sp³-hybridized carbons (Fsp3) is 0.500. The summed E-state index contributed by atoms with van der Waals surface area (Å²) in [7, 11) is 1.72. The summed E-state index contributed by atoms with van der Waals surface area (Å²) < 4.78 is 8.07. The second kappa shape index (κ2) is 6.50. The van der Waals surface area contributed by atoms with Crippen LogP contribution in [0, 0.1) is 0 Å². The number of methoxy groups -OCH3 is 1. The third-order valence-electron chi connectivity index (χ3n) is 2.73. The van der Waals surface area contributed by atoms with Crippen LogP contribution in [0.2, 0.25) is 0 Å². The number of imidazole rings is 1. The van der Waals surface area contributed by atoms with Crippen LogP contribution in [0.4, 0.5) is 0 Å². The van der Waals surface area contributed by atoms with E-state index in [0.29, 0.717) is 5.88 Å². The summed E-state index contributed by atoms with van der Waals surface area (Å²) in [5.41, 5.74) is 1.78. The first-order valence-corrected chi connectivity index (χ1v) is 7.14. The molecule has 0 aliphatic rings. The average Bonchev–Trinajstić information content (AvgIpc) is 2.71. The Morgan fingerprint density at radius 3 is 3.00 bits per heavy atom. The summed E-state index contributed by atoms with van der Waals surface area (Å²) in [6.07, 6.45) is 3.84. The molecule has 0 atom stereocenters. The number of unbranched alkanes of at least 4 members (excludes halogenated alkanes) is 1. The maximum Gasteiger partial charge on any atom is 0.160 e. The largest absolute Gasteiger partial charge is 0.385 e. The number of hydrogen-bond donors (Lipinski definition) is 0. The molecule has 0 radical (unpaired) electrons. The lowest BCUT2D eigenvalue weighted by molar-refractivity contribution is 0.191. The van der Waals surface area contributed by atoms with E-state index in [2.05, 4.69) is 30.5 Å². The number of pyridine rings is 1. The van der Waals surface area contributed by atoms with Crippen molar-refractivity contribution in [2.75, 3.05) is 13.7 Å². The SMILES string of the molecule is COCCCCn1c(CCl)nc2cc(Br)cnc21. The van der Waals surface area contributed by atoms with Gasteiger partial charge in [0.15, 0.2) is 5.65 Å². The fourth-order valence-electron chi connectivity index (χ4n) is 1.89. The topological polar surface area (TPSA) is 39.9 Å². The van der Waals surface area contributed by atoms with Crippen LogP contribution >= 0.6 is 27.5 Å². The van der Waals surface area contributed by atoms with Gasteiger partial charge in [0.1, 0.15) is 11.3 Å². The van der Waals surface area contributed by atoms with E-state index in [1.54, 1.807) is 13.3 Å². The van der Waals surface area contributed by atoms with Crippen LogP contribution in [0.25, 0.3) is 11.2 Å². The number of nitrogens with zero attached hydrogens (tertiary/aromatic N) is 3. The monoisotopic (exact) mass is 331 g/mol. The summed E-state index contributed by atoms with van der Waals surface area (Å²) in [5.74, 6) is 1.27. The van der Waals surface area contributed by atoms with Gasteiger partial charge < -0.3 is 9.30 Å². The van der Waals surface area contributed by atoms with Crippen LogP contribution in [-0.4, -0.2) is 28.3 Å². The highest BCUT2D eigenvalue weighted by atomic mass is 79.9. The maximum atomic E-state index is 5.94. The first kappa shape index (κ1) is 13.8. The van der Waals surface area contributed by atoms with E-state index in [4.69, 9.17) is 16.3 Å². The Morgan fingerprint density at radius 1 is 1.44 bits per heavy atom. The van der Waals surface area contributed by atoms with Crippen LogP contribution in [0.5, 0.6) is 0 Å². The molecule has 4 nitrogen and oxygen atoms in total. The normalized spacial score (nSPS) is 11.3. The van der Waals surface area contributed by atoms with E-state index in [1.165, 1.54) is 0 Å². The summed E-state index contributed by atoms with van der Waals surface area (Å²) in [4.78, 5) is 8.91. The van der Waals surface area contributed by atoms with Gasteiger partial charge in [-0.3, -0.25) is 0 Å². The minimum Gasteiger partial charge on any atom is -0.385 e. The highest BCUT2D eigenvalue weighted by Crippen LogP contribution is 2.20. The Bertz CT molecular complexity index is 529. The molecule has 0 aromatic carbocycles. The molecule has 6 heteroatoms. The fourth-order valence-corrected chi connectivity index (χ4v) is 2.41. The molecular formula is C12H15BrClN3O. The van der Waals surface area contributed by atoms with Gasteiger partial charge in [-0.25, -0.2) is 9.97 Å². The molecule has 0 fully saturated rings. The molecule has 18 heavy (non-hydrogen) atoms. The van der Waals surface area contributed by atoms with Crippen LogP contribution in [-0.2, 0) is 17.2 Å². The van der Waals surface area contributed by atoms with Crippen molar-refractivity contribution in [3.8, 4) is 0 Å². The Kier molecular flexibility index (Phi) is 4.97. The number of ether oxygens (including phenoxy) is 1. The van der Waals surface area contributed by atoms with Crippen LogP contribution in [0.3, 0.4) is 0 Å². The zero-order valence-corrected chi connectivity index (χ0v) is 12.5. The first-order valence-electron chi connectivity index (χ1n) is 5.82. The standard InChI is InChI=1S/C12H15BrClN3O/c1-18-5-3-2-4-17-11(7-14)16-10-6-9(13)8-15-12(10)17/h6,8H,2-5,7H2,1H3. The van der Waals surface area contributed by atoms with Gasteiger partial charge in [-0.15, -0.1) is 11.6 Å². The van der Waals surface area contributed by atoms with Crippen molar-refractivity contribution in [1.29, 1.82) is 0 Å². The zero-order valence-electron chi connectivity index (χ0n) is 10.2. The van der Waals surface area contributed by atoms with Crippen LogP contribution < -0.4 is 0 Å². The Balaban J connectivity index is 2.23. The number of hydrogen-bond acceptors (Lipinski definition) is 3. The number of aromatic nitrogens is 3. The first-order chi connectivity index (χ1) is 8.76. The zero-order chi connectivity index (χ0) is 13.0. The van der Waals surface area contributed by atoms with Crippen molar-refractivity contribution in [2.24, 2.45) is 0 Å². The number of halogens is 2. The molecular weight excluding hydrogens is 318 g/mol. The predicted octanol–water partition coefficient (Wildman–Crippen LogP) is 3.36. The minimum atomic E-state index is 0.401. The molecule has 2 heterocycles. The van der Waals surface area contributed by atoms with Gasteiger partial charge >= 0.3 is 0 Å². The Labute approximate surface area is 119 Å². The third kappa shape index (κ3) is 3.02. The molecule has 0 N–H and O–H groups in total. The van der Waals surface area contributed by atoms with Crippen molar-refractivity contribution in [3.63, 3.8) is 0 Å². The molecule has 0 saturated carbocycles. The lowest BCUT2D eigenvalue weighted by atomic mass is 10.3. The van der Waals surface area contributed by atoms with E-state index in [1.807, 2.05) is 6.07 Å². The molecule has 2 rings (SSSR count). The van der Waals surface area contributed by atoms with Gasteiger partial charge in [0, 0.05) is 30.9 Å². The lowest BCUT2D eigenvalue weighted by Crippen LogP contribution is -2.04. The van der Waals surface area contributed by atoms with Crippen molar-refractivity contribution >= 4 is 38.7 Å². The highest BCUT2D eigenvalue weighted by Gasteiger charge is 2.11. The lowest BCUT2D eigenvalue weighted by Gasteiger charge is -2.06. The number of aryl methyl sites for hydroxylation is 1. The third-order valence-corrected chi connectivity index (χ3v) is 3.40. The average molecular weight is 333 g/mol. The second-order valence-electron chi connectivity index (χ2n) is 4.01. The number of alkyl halides is 1. The van der Waals surface area contributed by atoms with E-state index >= 15 is 0 Å². The van der Waals surface area contributed by atoms with Gasteiger partial charge in [-0.05, 0) is 34.8 Å². The quantitative estimate of drug-likeness (QED) is 0.601. The molecule has 0 aliphatic carbocycles. The van der Waals surface area contributed by atoms with Crippen molar-refractivity contribution in [1.82, 2.24) is 14.5 Å². The molecule has 0 aliphatic heterocycles. The molecule has 0 saturated heterocycles. The number of fused-ring (bicyclic) bond motifs is 1. The van der Waals surface area contributed by atoms with E-state index in [0.717, 1.165) is 47.5 Å². The minimum absolute atomic E-state index is 0.401. The van der Waals surface area contributed by atoms with Gasteiger partial charge in [0.25, 0.3) is 0 Å². The van der Waals surface area contributed by atoms with Crippen molar-refractivity contribution < 1.29 is 4.74 Å². The van der Waals surface area contributed by atoms with Gasteiger partial charge in [-0.2, -0.15) is 0 Å². The Morgan fingerprint density at radius 2 is 2.28 bits per heavy atom. The maximum absolute atomic E-state index is 5.94. The van der Waals surface area contributed by atoms with Crippen LogP contribution in [0.1, 0.15) is 18.7 Å². The molecule has 2 aromatic heterocycles. The van der Waals surface area contributed by atoms with Crippen molar-refractivity contribution in [3.05, 3.63) is 22.6 Å². The predicted molar refractivity (Wildman–Crippen MR) is 75.9 cm³/mol. The van der Waals surface area contributed by atoms with Gasteiger partial charge in [0.05, 0.1) is 5.88 Å². The molecule has 0 amide bonds. The molecule has 0 unspecified atom stereocenters. The van der Waals surface area contributed by atoms with Gasteiger partial charge in [-0.1, -0.05) is 0 Å². The smallest absolute Gasteiger partial charge is 0.160 e. The highest BCUT2D eigenvalue weighted by molar-refractivity contribution is 9.10. The van der Waals surface area contributed by atoms with Crippen LogP contribution in [0.15, 0.2) is 16.7 Å². The molecule has 0 spiro atoms.